The van der Waals surface area contributed by atoms with Crippen LogP contribution in [-0.4, -0.2) is 30.1 Å². The molecule has 0 saturated heterocycles. The highest BCUT2D eigenvalue weighted by atomic mass is 15.2. The van der Waals surface area contributed by atoms with Crippen molar-refractivity contribution in [2.24, 2.45) is 0 Å². The minimum atomic E-state index is 0.281. The van der Waals surface area contributed by atoms with Crippen molar-refractivity contribution in [3.8, 4) is 0 Å². The monoisotopic (exact) mass is 246 g/mol. The van der Waals surface area contributed by atoms with E-state index in [0.29, 0.717) is 6.04 Å². The van der Waals surface area contributed by atoms with Gasteiger partial charge in [0.1, 0.15) is 0 Å². The number of aryl methyl sites for hydroxylation is 1. The Bertz CT molecular complexity index is 371. The van der Waals surface area contributed by atoms with Crippen LogP contribution in [0.15, 0.2) is 24.3 Å². The minimum absolute atomic E-state index is 0.281. The Hall–Kier alpha value is -1.02. The summed E-state index contributed by atoms with van der Waals surface area (Å²) in [5, 5.41) is 3.61. The first kappa shape index (κ1) is 13.4. The molecule has 1 N–H and O–H groups in total. The molecular weight excluding hydrogens is 220 g/mol. The van der Waals surface area contributed by atoms with E-state index >= 15 is 0 Å². The van der Waals surface area contributed by atoms with Crippen molar-refractivity contribution >= 4 is 5.69 Å². The average Bonchev–Trinajstić information content (AvgIpc) is 2.60. The fraction of sp³-hybridized carbons (Fsp3) is 0.625. The number of benzene rings is 1. The highest BCUT2D eigenvalue weighted by Crippen LogP contribution is 2.26. The van der Waals surface area contributed by atoms with E-state index in [4.69, 9.17) is 0 Å². The quantitative estimate of drug-likeness (QED) is 0.877. The van der Waals surface area contributed by atoms with E-state index in [2.05, 4.69) is 62.3 Å². The molecule has 1 aliphatic rings. The van der Waals surface area contributed by atoms with Gasteiger partial charge in [-0.15, -0.1) is 0 Å². The maximum atomic E-state index is 3.61. The van der Waals surface area contributed by atoms with Gasteiger partial charge in [0.25, 0.3) is 0 Å². The van der Waals surface area contributed by atoms with Gasteiger partial charge in [0.2, 0.25) is 0 Å². The summed E-state index contributed by atoms with van der Waals surface area (Å²) in [7, 11) is 2.27. The Morgan fingerprint density at radius 1 is 1.33 bits per heavy atom. The fourth-order valence-corrected chi connectivity index (χ4v) is 2.64. The predicted octanol–water partition coefficient (Wildman–Crippen LogP) is 3.53. The molecule has 0 radical (unpaired) electrons. The Morgan fingerprint density at radius 3 is 2.78 bits per heavy atom. The number of hydrogen-bond acceptors (Lipinski definition) is 2. The Kier molecular flexibility index (Phi) is 3.96. The lowest BCUT2D eigenvalue weighted by Crippen LogP contribution is -2.49. The second kappa shape index (κ2) is 5.31. The normalized spacial score (nSPS) is 20.2. The van der Waals surface area contributed by atoms with Crippen molar-refractivity contribution in [2.75, 3.05) is 18.9 Å². The van der Waals surface area contributed by atoms with E-state index in [1.807, 2.05) is 0 Å². The number of para-hydroxylation sites is 1. The molecule has 100 valence electrons. The maximum Gasteiger partial charge on any atom is 0.0373 e. The van der Waals surface area contributed by atoms with Gasteiger partial charge in [-0.1, -0.05) is 25.1 Å². The Labute approximate surface area is 111 Å². The maximum absolute atomic E-state index is 3.61. The molecule has 0 saturated carbocycles. The minimum Gasteiger partial charge on any atom is -0.383 e. The van der Waals surface area contributed by atoms with Crippen LogP contribution in [0.5, 0.6) is 0 Å². The van der Waals surface area contributed by atoms with E-state index < -0.39 is 0 Å². The molecule has 0 bridgehead atoms. The van der Waals surface area contributed by atoms with Crippen LogP contribution in [0.4, 0.5) is 5.69 Å². The number of anilines is 1. The van der Waals surface area contributed by atoms with Gasteiger partial charge in [-0.25, -0.2) is 0 Å². The molecule has 0 spiro atoms. The molecule has 2 heteroatoms. The molecule has 2 nitrogen and oxygen atoms in total. The van der Waals surface area contributed by atoms with Crippen molar-refractivity contribution in [2.45, 2.75) is 51.6 Å². The second-order valence-corrected chi connectivity index (χ2v) is 6.01. The number of rotatable bonds is 3. The average molecular weight is 246 g/mol. The summed E-state index contributed by atoms with van der Waals surface area (Å²) >= 11 is 0. The zero-order chi connectivity index (χ0) is 13.2. The van der Waals surface area contributed by atoms with Gasteiger partial charge in [-0.05, 0) is 51.8 Å². The SMILES string of the molecule is CCC(C)(C)N(C)C1CCc2ccccc2NC1. The van der Waals surface area contributed by atoms with Crippen LogP contribution in [0, 0.1) is 0 Å². The third kappa shape index (κ3) is 2.69. The largest absolute Gasteiger partial charge is 0.383 e. The number of hydrogen-bond donors (Lipinski definition) is 1. The summed E-state index contributed by atoms with van der Waals surface area (Å²) in [6.07, 6.45) is 3.61. The molecule has 1 unspecified atom stereocenters. The molecule has 0 fully saturated rings. The number of nitrogens with one attached hydrogen (secondary N) is 1. The summed E-state index contributed by atoms with van der Waals surface area (Å²) < 4.78 is 0. The number of fused-ring (bicyclic) bond motifs is 1. The van der Waals surface area contributed by atoms with Gasteiger partial charge < -0.3 is 5.32 Å². The first-order valence-corrected chi connectivity index (χ1v) is 7.09. The van der Waals surface area contributed by atoms with E-state index in [9.17, 15) is 0 Å². The number of likely N-dealkylation sites (N-methyl/N-ethyl adjacent to an activating group) is 1. The van der Waals surface area contributed by atoms with E-state index in [0.717, 1.165) is 6.54 Å². The van der Waals surface area contributed by atoms with Crippen LogP contribution in [-0.2, 0) is 6.42 Å². The highest BCUT2D eigenvalue weighted by Gasteiger charge is 2.28. The lowest BCUT2D eigenvalue weighted by molar-refractivity contribution is 0.0987. The van der Waals surface area contributed by atoms with E-state index in [-0.39, 0.29) is 5.54 Å². The second-order valence-electron chi connectivity index (χ2n) is 6.01. The van der Waals surface area contributed by atoms with Gasteiger partial charge in [0, 0.05) is 23.8 Å². The van der Waals surface area contributed by atoms with Gasteiger partial charge in [0.05, 0.1) is 0 Å². The van der Waals surface area contributed by atoms with Crippen LogP contribution in [0.2, 0.25) is 0 Å². The van der Waals surface area contributed by atoms with Crippen molar-refractivity contribution in [3.63, 3.8) is 0 Å². The third-order valence-electron chi connectivity index (χ3n) is 4.66. The first-order chi connectivity index (χ1) is 8.54. The molecule has 1 heterocycles. The summed E-state index contributed by atoms with van der Waals surface area (Å²) in [6, 6.07) is 9.32. The zero-order valence-corrected chi connectivity index (χ0v) is 12.2. The molecule has 1 aromatic rings. The fourth-order valence-electron chi connectivity index (χ4n) is 2.64. The van der Waals surface area contributed by atoms with Gasteiger partial charge in [-0.2, -0.15) is 0 Å². The van der Waals surface area contributed by atoms with E-state index in [1.54, 1.807) is 0 Å². The van der Waals surface area contributed by atoms with E-state index in [1.165, 1.54) is 30.5 Å². The molecule has 1 atom stereocenters. The molecule has 1 aliphatic heterocycles. The van der Waals surface area contributed by atoms with Crippen molar-refractivity contribution < 1.29 is 0 Å². The summed E-state index contributed by atoms with van der Waals surface area (Å²) in [5.41, 5.74) is 3.06. The summed E-state index contributed by atoms with van der Waals surface area (Å²) in [6.45, 7) is 8.00. The summed E-state index contributed by atoms with van der Waals surface area (Å²) in [5.74, 6) is 0. The number of nitrogens with zero attached hydrogens (tertiary/aromatic N) is 1. The van der Waals surface area contributed by atoms with Crippen LogP contribution in [0.3, 0.4) is 0 Å². The molecule has 0 aliphatic carbocycles. The predicted molar refractivity (Wildman–Crippen MR) is 79.2 cm³/mol. The molecule has 2 rings (SSSR count). The Balaban J connectivity index is 2.08. The van der Waals surface area contributed by atoms with Crippen LogP contribution >= 0.6 is 0 Å². The lowest BCUT2D eigenvalue weighted by atomic mass is 9.96. The molecule has 1 aromatic carbocycles. The van der Waals surface area contributed by atoms with Gasteiger partial charge in [0.15, 0.2) is 0 Å². The van der Waals surface area contributed by atoms with Crippen molar-refractivity contribution in [3.05, 3.63) is 29.8 Å². The Morgan fingerprint density at radius 2 is 2.06 bits per heavy atom. The molecule has 0 amide bonds. The van der Waals surface area contributed by atoms with Gasteiger partial charge >= 0.3 is 0 Å². The smallest absolute Gasteiger partial charge is 0.0373 e. The van der Waals surface area contributed by atoms with Gasteiger partial charge in [-0.3, -0.25) is 4.90 Å². The zero-order valence-electron chi connectivity index (χ0n) is 12.2. The van der Waals surface area contributed by atoms with Crippen molar-refractivity contribution in [1.82, 2.24) is 4.90 Å². The van der Waals surface area contributed by atoms with Crippen LogP contribution in [0.1, 0.15) is 39.2 Å². The molecule has 0 aromatic heterocycles. The lowest BCUT2D eigenvalue weighted by Gasteiger charge is -2.40. The molecule has 18 heavy (non-hydrogen) atoms. The van der Waals surface area contributed by atoms with Crippen LogP contribution in [0.25, 0.3) is 0 Å². The topological polar surface area (TPSA) is 15.3 Å². The third-order valence-corrected chi connectivity index (χ3v) is 4.66. The highest BCUT2D eigenvalue weighted by molar-refractivity contribution is 5.52. The first-order valence-electron chi connectivity index (χ1n) is 7.09. The van der Waals surface area contributed by atoms with Crippen molar-refractivity contribution in [1.29, 1.82) is 0 Å². The summed E-state index contributed by atoms with van der Waals surface area (Å²) in [4.78, 5) is 2.55. The van der Waals surface area contributed by atoms with Crippen LogP contribution < -0.4 is 5.32 Å². The molecular formula is C16H26N2. The standard InChI is InChI=1S/C16H26N2/c1-5-16(2,3)18(4)14-11-10-13-8-6-7-9-15(13)17-12-14/h6-9,14,17H,5,10-12H2,1-4H3.